The maximum atomic E-state index is 11.1. The lowest BCUT2D eigenvalue weighted by molar-refractivity contribution is -0.114. The summed E-state index contributed by atoms with van der Waals surface area (Å²) >= 11 is 5.99. The molecule has 2 rings (SSSR count). The van der Waals surface area contributed by atoms with Gasteiger partial charge in [-0.3, -0.25) is 4.79 Å². The number of benzene rings is 2. The van der Waals surface area contributed by atoms with Gasteiger partial charge in [0.25, 0.3) is 0 Å². The molecule has 2 aromatic carbocycles. The van der Waals surface area contributed by atoms with Crippen molar-refractivity contribution in [3.8, 4) is 5.75 Å². The largest absolute Gasteiger partial charge is 0.495 e. The molecule has 5 heteroatoms. The molecule has 0 aromatic heterocycles. The number of hydrogen-bond acceptors (Lipinski definition) is 3. The molecule has 0 unspecified atom stereocenters. The molecule has 104 valence electrons. The number of methoxy groups -OCH3 is 1. The Balaban J connectivity index is 2.25. The van der Waals surface area contributed by atoms with Gasteiger partial charge in [0.05, 0.1) is 12.8 Å². The van der Waals surface area contributed by atoms with E-state index in [0.717, 1.165) is 17.1 Å². The highest BCUT2D eigenvalue weighted by Gasteiger charge is 2.05. The van der Waals surface area contributed by atoms with Crippen LogP contribution in [0.25, 0.3) is 0 Å². The van der Waals surface area contributed by atoms with Crippen molar-refractivity contribution >= 4 is 34.6 Å². The Hall–Kier alpha value is -2.20. The van der Waals surface area contributed by atoms with Crippen LogP contribution in [0.15, 0.2) is 42.5 Å². The molecule has 0 saturated carbocycles. The molecule has 0 bridgehead atoms. The second-order valence-corrected chi connectivity index (χ2v) is 4.67. The molecule has 0 saturated heterocycles. The summed E-state index contributed by atoms with van der Waals surface area (Å²) in [6.07, 6.45) is 0. The predicted octanol–water partition coefficient (Wildman–Crippen LogP) is 4.05. The zero-order valence-electron chi connectivity index (χ0n) is 11.2. The third-order valence-corrected chi connectivity index (χ3v) is 2.86. The molecule has 0 aliphatic rings. The Kier molecular flexibility index (Phi) is 4.48. The molecule has 0 heterocycles. The SMILES string of the molecule is COc1ccc(Cl)cc1Nc1cccc(NC(C)=O)c1. The topological polar surface area (TPSA) is 50.4 Å². The van der Waals surface area contributed by atoms with Crippen LogP contribution >= 0.6 is 11.6 Å². The van der Waals surface area contributed by atoms with E-state index in [0.29, 0.717) is 10.8 Å². The number of halogens is 1. The lowest BCUT2D eigenvalue weighted by atomic mass is 10.2. The maximum Gasteiger partial charge on any atom is 0.221 e. The summed E-state index contributed by atoms with van der Waals surface area (Å²) in [7, 11) is 1.60. The van der Waals surface area contributed by atoms with Crippen LogP contribution in [0.3, 0.4) is 0 Å². The average molecular weight is 291 g/mol. The molecule has 0 spiro atoms. The summed E-state index contributed by atoms with van der Waals surface area (Å²) in [5.41, 5.74) is 2.32. The van der Waals surface area contributed by atoms with Crippen molar-refractivity contribution in [3.63, 3.8) is 0 Å². The average Bonchev–Trinajstić information content (AvgIpc) is 2.38. The van der Waals surface area contributed by atoms with Gasteiger partial charge in [0.1, 0.15) is 5.75 Å². The highest BCUT2D eigenvalue weighted by Crippen LogP contribution is 2.31. The van der Waals surface area contributed by atoms with Crippen LogP contribution in [0.5, 0.6) is 5.75 Å². The molecule has 0 aliphatic carbocycles. The normalized spacial score (nSPS) is 9.95. The number of rotatable bonds is 4. The van der Waals surface area contributed by atoms with Crippen LogP contribution in [0.4, 0.5) is 17.1 Å². The van der Waals surface area contributed by atoms with Gasteiger partial charge in [-0.2, -0.15) is 0 Å². The van der Waals surface area contributed by atoms with Crippen molar-refractivity contribution in [1.29, 1.82) is 0 Å². The van der Waals surface area contributed by atoms with Gasteiger partial charge in [-0.05, 0) is 36.4 Å². The standard InChI is InChI=1S/C15H15ClN2O2/c1-10(19)17-12-4-3-5-13(9-12)18-14-8-11(16)6-7-15(14)20-2/h3-9,18H,1-2H3,(H,17,19). The van der Waals surface area contributed by atoms with Crippen molar-refractivity contribution in [2.24, 2.45) is 0 Å². The van der Waals surface area contributed by atoms with Crippen molar-refractivity contribution < 1.29 is 9.53 Å². The molecule has 0 radical (unpaired) electrons. The summed E-state index contributed by atoms with van der Waals surface area (Å²) in [5.74, 6) is 0.585. The minimum absolute atomic E-state index is 0.109. The quantitative estimate of drug-likeness (QED) is 0.893. The van der Waals surface area contributed by atoms with Crippen LogP contribution in [-0.2, 0) is 4.79 Å². The van der Waals surface area contributed by atoms with Crippen LogP contribution in [0.1, 0.15) is 6.92 Å². The van der Waals surface area contributed by atoms with Crippen LogP contribution in [0, 0.1) is 0 Å². The number of carbonyl (C=O) groups is 1. The molecular formula is C15H15ClN2O2. The zero-order chi connectivity index (χ0) is 14.5. The summed E-state index contributed by atoms with van der Waals surface area (Å²) in [6.45, 7) is 1.47. The van der Waals surface area contributed by atoms with Gasteiger partial charge in [0, 0.05) is 23.3 Å². The van der Waals surface area contributed by atoms with Gasteiger partial charge >= 0.3 is 0 Å². The minimum Gasteiger partial charge on any atom is -0.495 e. The van der Waals surface area contributed by atoms with Gasteiger partial charge in [0.15, 0.2) is 0 Å². The van der Waals surface area contributed by atoms with Crippen LogP contribution in [0.2, 0.25) is 5.02 Å². The van der Waals surface area contributed by atoms with Gasteiger partial charge < -0.3 is 15.4 Å². The second-order valence-electron chi connectivity index (χ2n) is 4.23. The van der Waals surface area contributed by atoms with Crippen molar-refractivity contribution in [1.82, 2.24) is 0 Å². The third kappa shape index (κ3) is 3.65. The number of nitrogens with one attached hydrogen (secondary N) is 2. The first-order chi connectivity index (χ1) is 9.58. The first-order valence-electron chi connectivity index (χ1n) is 6.06. The Morgan fingerprint density at radius 2 is 1.90 bits per heavy atom. The molecule has 0 aliphatic heterocycles. The van der Waals surface area contributed by atoms with E-state index in [1.54, 1.807) is 25.3 Å². The van der Waals surface area contributed by atoms with Crippen molar-refractivity contribution in [3.05, 3.63) is 47.5 Å². The second kappa shape index (κ2) is 6.30. The van der Waals surface area contributed by atoms with Crippen LogP contribution < -0.4 is 15.4 Å². The summed E-state index contributed by atoms with van der Waals surface area (Å²) in [6, 6.07) is 12.7. The van der Waals surface area contributed by atoms with E-state index in [1.165, 1.54) is 6.92 Å². The Bertz CT molecular complexity index is 629. The number of hydrogen-bond donors (Lipinski definition) is 2. The lowest BCUT2D eigenvalue weighted by Crippen LogP contribution is -2.05. The van der Waals surface area contributed by atoms with Gasteiger partial charge in [-0.15, -0.1) is 0 Å². The monoisotopic (exact) mass is 290 g/mol. The van der Waals surface area contributed by atoms with Crippen molar-refractivity contribution in [2.45, 2.75) is 6.92 Å². The van der Waals surface area contributed by atoms with E-state index in [1.807, 2.05) is 24.3 Å². The lowest BCUT2D eigenvalue weighted by Gasteiger charge is -2.12. The number of ether oxygens (including phenoxy) is 1. The fourth-order valence-corrected chi connectivity index (χ4v) is 1.98. The number of carbonyl (C=O) groups excluding carboxylic acids is 1. The van der Waals surface area contributed by atoms with Crippen molar-refractivity contribution in [2.75, 3.05) is 17.7 Å². The maximum absolute atomic E-state index is 11.1. The summed E-state index contributed by atoms with van der Waals surface area (Å²) < 4.78 is 5.28. The molecule has 20 heavy (non-hydrogen) atoms. The molecule has 2 aromatic rings. The van der Waals surface area contributed by atoms with E-state index in [9.17, 15) is 4.79 Å². The van der Waals surface area contributed by atoms with E-state index in [4.69, 9.17) is 16.3 Å². The van der Waals surface area contributed by atoms with E-state index < -0.39 is 0 Å². The third-order valence-electron chi connectivity index (χ3n) is 2.62. The van der Waals surface area contributed by atoms with E-state index in [-0.39, 0.29) is 5.91 Å². The molecular weight excluding hydrogens is 276 g/mol. The fraction of sp³-hybridized carbons (Fsp3) is 0.133. The molecule has 0 atom stereocenters. The van der Waals surface area contributed by atoms with Gasteiger partial charge in [-0.1, -0.05) is 17.7 Å². The Morgan fingerprint density at radius 1 is 1.15 bits per heavy atom. The Labute approximate surface area is 122 Å². The molecule has 1 amide bonds. The minimum atomic E-state index is -0.109. The summed E-state index contributed by atoms with van der Waals surface area (Å²) in [5, 5.41) is 6.57. The predicted molar refractivity (Wildman–Crippen MR) is 82.0 cm³/mol. The first-order valence-corrected chi connectivity index (χ1v) is 6.44. The van der Waals surface area contributed by atoms with Gasteiger partial charge in [0.2, 0.25) is 5.91 Å². The number of amides is 1. The molecule has 2 N–H and O–H groups in total. The first kappa shape index (κ1) is 14.2. The summed E-state index contributed by atoms with van der Waals surface area (Å²) in [4.78, 5) is 11.1. The molecule has 4 nitrogen and oxygen atoms in total. The van der Waals surface area contributed by atoms with Crippen LogP contribution in [-0.4, -0.2) is 13.0 Å². The fourth-order valence-electron chi connectivity index (χ4n) is 1.81. The molecule has 0 fully saturated rings. The highest BCUT2D eigenvalue weighted by molar-refractivity contribution is 6.31. The highest BCUT2D eigenvalue weighted by atomic mass is 35.5. The number of anilines is 3. The van der Waals surface area contributed by atoms with E-state index >= 15 is 0 Å². The zero-order valence-corrected chi connectivity index (χ0v) is 12.0. The smallest absolute Gasteiger partial charge is 0.221 e. The Morgan fingerprint density at radius 3 is 2.60 bits per heavy atom. The van der Waals surface area contributed by atoms with E-state index in [2.05, 4.69) is 10.6 Å². The van der Waals surface area contributed by atoms with Gasteiger partial charge in [-0.25, -0.2) is 0 Å².